The van der Waals surface area contributed by atoms with Gasteiger partial charge < -0.3 is 0 Å². The highest BCUT2D eigenvalue weighted by molar-refractivity contribution is 7.10. The zero-order valence-electron chi connectivity index (χ0n) is 8.09. The maximum absolute atomic E-state index is 11.3. The van der Waals surface area contributed by atoms with Crippen LogP contribution in [0, 0.1) is 12.3 Å². The predicted molar refractivity (Wildman–Crippen MR) is 55.1 cm³/mol. The average Bonchev–Trinajstić information content (AvgIpc) is 2.72. The fraction of sp³-hybridized carbons (Fsp3) is 0.545. The van der Waals surface area contributed by atoms with Gasteiger partial charge in [0.05, 0.1) is 0 Å². The van der Waals surface area contributed by atoms with Gasteiger partial charge in [0.1, 0.15) is 5.78 Å². The minimum absolute atomic E-state index is 0.0352. The van der Waals surface area contributed by atoms with Crippen molar-refractivity contribution in [1.82, 2.24) is 0 Å². The van der Waals surface area contributed by atoms with Gasteiger partial charge in [-0.3, -0.25) is 4.79 Å². The molecule has 1 fully saturated rings. The van der Waals surface area contributed by atoms with E-state index in [0.717, 1.165) is 19.3 Å². The number of rotatable bonds is 3. The summed E-state index contributed by atoms with van der Waals surface area (Å²) in [6.07, 6.45) is 3.15. The van der Waals surface area contributed by atoms with Gasteiger partial charge in [0, 0.05) is 10.3 Å². The Morgan fingerprint density at radius 2 is 2.31 bits per heavy atom. The highest BCUT2D eigenvalue weighted by Gasteiger charge is 2.46. The van der Waals surface area contributed by atoms with Crippen LogP contribution in [0.3, 0.4) is 0 Å². The van der Waals surface area contributed by atoms with Gasteiger partial charge in [0.15, 0.2) is 0 Å². The van der Waals surface area contributed by atoms with Crippen LogP contribution in [-0.4, -0.2) is 5.78 Å². The van der Waals surface area contributed by atoms with Crippen LogP contribution < -0.4 is 0 Å². The van der Waals surface area contributed by atoms with Crippen LogP contribution in [0.25, 0.3) is 0 Å². The summed E-state index contributed by atoms with van der Waals surface area (Å²) in [6, 6.07) is 2.20. The summed E-state index contributed by atoms with van der Waals surface area (Å²) in [6.45, 7) is 3.84. The zero-order valence-corrected chi connectivity index (χ0v) is 8.91. The predicted octanol–water partition coefficient (Wildman–Crippen LogP) is 2.97. The molecule has 0 bridgehead atoms. The highest BCUT2D eigenvalue weighted by Crippen LogP contribution is 2.49. The third kappa shape index (κ3) is 1.68. The number of thiophene rings is 1. The Balaban J connectivity index is 2.10. The van der Waals surface area contributed by atoms with E-state index in [9.17, 15) is 4.79 Å². The van der Waals surface area contributed by atoms with Gasteiger partial charge >= 0.3 is 0 Å². The quantitative estimate of drug-likeness (QED) is 0.723. The lowest BCUT2D eigenvalue weighted by Gasteiger charge is -2.08. The molecular formula is C11H14OS. The second-order valence-electron chi connectivity index (χ2n) is 4.08. The van der Waals surface area contributed by atoms with E-state index in [4.69, 9.17) is 0 Å². The number of hydrogen-bond acceptors (Lipinski definition) is 2. The Morgan fingerprint density at radius 1 is 1.62 bits per heavy atom. The van der Waals surface area contributed by atoms with Crippen molar-refractivity contribution in [3.05, 3.63) is 21.9 Å². The number of ketones is 1. The Bertz CT molecular complexity index is 334. The van der Waals surface area contributed by atoms with Crippen LogP contribution in [0.2, 0.25) is 0 Å². The van der Waals surface area contributed by atoms with Crippen molar-refractivity contribution in [3.63, 3.8) is 0 Å². The topological polar surface area (TPSA) is 17.1 Å². The molecule has 1 aromatic heterocycles. The molecular weight excluding hydrogens is 180 g/mol. The molecule has 0 N–H and O–H groups in total. The normalized spacial score (nSPS) is 18.6. The van der Waals surface area contributed by atoms with Crippen LogP contribution in [0.15, 0.2) is 11.4 Å². The lowest BCUT2D eigenvalue weighted by Crippen LogP contribution is -2.14. The molecule has 0 radical (unpaired) electrons. The summed E-state index contributed by atoms with van der Waals surface area (Å²) in [5.41, 5.74) is 1.38. The molecule has 0 atom stereocenters. The van der Waals surface area contributed by atoms with E-state index in [1.807, 2.05) is 0 Å². The molecule has 1 aromatic rings. The van der Waals surface area contributed by atoms with Gasteiger partial charge in [-0.2, -0.15) is 0 Å². The molecule has 2 heteroatoms. The molecule has 2 rings (SSSR count). The van der Waals surface area contributed by atoms with Crippen molar-refractivity contribution in [1.29, 1.82) is 0 Å². The second kappa shape index (κ2) is 2.95. The van der Waals surface area contributed by atoms with E-state index >= 15 is 0 Å². The van der Waals surface area contributed by atoms with Gasteiger partial charge in [-0.05, 0) is 50.1 Å². The molecule has 0 spiro atoms. The van der Waals surface area contributed by atoms with E-state index in [1.165, 1.54) is 10.4 Å². The molecule has 0 aliphatic heterocycles. The second-order valence-corrected chi connectivity index (χ2v) is 5.19. The van der Waals surface area contributed by atoms with E-state index in [1.54, 1.807) is 18.3 Å². The molecule has 1 aliphatic carbocycles. The Hall–Kier alpha value is -0.630. The SMILES string of the molecule is CC(=O)C1(Cc2csc(C)c2)CC1. The lowest BCUT2D eigenvalue weighted by atomic mass is 9.94. The first-order valence-corrected chi connectivity index (χ1v) is 5.55. The van der Waals surface area contributed by atoms with Gasteiger partial charge in [-0.15, -0.1) is 11.3 Å². The maximum atomic E-state index is 11.3. The fourth-order valence-corrected chi connectivity index (χ4v) is 2.49. The Labute approximate surface area is 82.8 Å². The van der Waals surface area contributed by atoms with Crippen LogP contribution in [0.1, 0.15) is 30.2 Å². The number of carbonyl (C=O) groups is 1. The summed E-state index contributed by atoms with van der Waals surface area (Å²) in [4.78, 5) is 12.7. The molecule has 1 aliphatic rings. The molecule has 0 amide bonds. The number of Topliss-reactive ketones (excluding diaryl/α,β-unsaturated/α-hetero) is 1. The largest absolute Gasteiger partial charge is 0.299 e. The number of carbonyl (C=O) groups excluding carboxylic acids is 1. The number of aryl methyl sites for hydroxylation is 1. The lowest BCUT2D eigenvalue weighted by molar-refractivity contribution is -0.121. The highest BCUT2D eigenvalue weighted by atomic mass is 32.1. The molecule has 70 valence electrons. The summed E-state index contributed by atoms with van der Waals surface area (Å²) in [5, 5.41) is 2.18. The van der Waals surface area contributed by atoms with Gasteiger partial charge in [-0.1, -0.05) is 0 Å². The van der Waals surface area contributed by atoms with Crippen molar-refractivity contribution < 1.29 is 4.79 Å². The van der Waals surface area contributed by atoms with Crippen LogP contribution in [0.5, 0.6) is 0 Å². The summed E-state index contributed by atoms with van der Waals surface area (Å²) < 4.78 is 0. The molecule has 0 saturated heterocycles. The fourth-order valence-electron chi connectivity index (χ4n) is 1.79. The first-order chi connectivity index (χ1) is 6.12. The molecule has 1 saturated carbocycles. The average molecular weight is 194 g/mol. The van der Waals surface area contributed by atoms with Crippen molar-refractivity contribution in [2.75, 3.05) is 0 Å². The van der Waals surface area contributed by atoms with E-state index in [-0.39, 0.29) is 5.41 Å². The van der Waals surface area contributed by atoms with Gasteiger partial charge in [0.2, 0.25) is 0 Å². The minimum atomic E-state index is 0.0352. The smallest absolute Gasteiger partial charge is 0.136 e. The van der Waals surface area contributed by atoms with Gasteiger partial charge in [0.25, 0.3) is 0 Å². The van der Waals surface area contributed by atoms with Crippen molar-refractivity contribution in [3.8, 4) is 0 Å². The van der Waals surface area contributed by atoms with E-state index < -0.39 is 0 Å². The Kier molecular flexibility index (Phi) is 2.03. The monoisotopic (exact) mass is 194 g/mol. The molecule has 0 unspecified atom stereocenters. The van der Waals surface area contributed by atoms with Gasteiger partial charge in [-0.25, -0.2) is 0 Å². The minimum Gasteiger partial charge on any atom is -0.299 e. The summed E-state index contributed by atoms with van der Waals surface area (Å²) in [5.74, 6) is 0.372. The van der Waals surface area contributed by atoms with Crippen LogP contribution in [0.4, 0.5) is 0 Å². The first-order valence-electron chi connectivity index (χ1n) is 4.67. The summed E-state index contributed by atoms with van der Waals surface area (Å²) >= 11 is 1.77. The zero-order chi connectivity index (χ0) is 9.47. The molecule has 1 nitrogen and oxygen atoms in total. The third-order valence-corrected chi connectivity index (χ3v) is 3.84. The van der Waals surface area contributed by atoms with Crippen LogP contribution >= 0.6 is 11.3 Å². The van der Waals surface area contributed by atoms with E-state index in [2.05, 4.69) is 18.4 Å². The standard InChI is InChI=1S/C11H14OS/c1-8-5-10(7-13-8)6-11(3-4-11)9(2)12/h5,7H,3-4,6H2,1-2H3. The van der Waals surface area contributed by atoms with E-state index in [0.29, 0.717) is 5.78 Å². The molecule has 1 heterocycles. The molecule has 13 heavy (non-hydrogen) atoms. The Morgan fingerprint density at radius 3 is 2.69 bits per heavy atom. The van der Waals surface area contributed by atoms with Crippen molar-refractivity contribution in [2.45, 2.75) is 33.1 Å². The maximum Gasteiger partial charge on any atom is 0.136 e. The summed E-state index contributed by atoms with van der Waals surface area (Å²) in [7, 11) is 0. The number of hydrogen-bond donors (Lipinski definition) is 0. The van der Waals surface area contributed by atoms with Crippen LogP contribution in [-0.2, 0) is 11.2 Å². The van der Waals surface area contributed by atoms with Crippen molar-refractivity contribution in [2.24, 2.45) is 5.41 Å². The van der Waals surface area contributed by atoms with Crippen molar-refractivity contribution >= 4 is 17.1 Å². The third-order valence-electron chi connectivity index (χ3n) is 2.93. The first kappa shape index (κ1) is 8.95. The molecule has 0 aromatic carbocycles.